The lowest BCUT2D eigenvalue weighted by Crippen LogP contribution is -2.30. The van der Waals surface area contributed by atoms with E-state index in [0.717, 1.165) is 11.3 Å². The number of terminal acetylenes is 1. The lowest BCUT2D eigenvalue weighted by Gasteiger charge is -2.26. The van der Waals surface area contributed by atoms with Crippen LogP contribution in [0, 0.1) is 23.7 Å². The molecular weight excluding hydrogens is 210 g/mol. The normalized spacial score (nSPS) is 12.6. The summed E-state index contributed by atoms with van der Waals surface area (Å²) < 4.78 is 0. The van der Waals surface area contributed by atoms with Gasteiger partial charge in [0.25, 0.3) is 0 Å². The Kier molecular flexibility index (Phi) is 3.96. The molecule has 1 aromatic rings. The molecule has 1 rings (SSSR count). The van der Waals surface area contributed by atoms with Gasteiger partial charge in [-0.25, -0.2) is 0 Å². The van der Waals surface area contributed by atoms with E-state index >= 15 is 0 Å². The van der Waals surface area contributed by atoms with Crippen LogP contribution in [0.15, 0.2) is 24.3 Å². The quantitative estimate of drug-likeness (QED) is 0.775. The van der Waals surface area contributed by atoms with Gasteiger partial charge in [-0.3, -0.25) is 4.79 Å². The molecule has 1 amide bonds. The summed E-state index contributed by atoms with van der Waals surface area (Å²) in [7, 11) is 0. The van der Waals surface area contributed by atoms with Crippen molar-refractivity contribution >= 4 is 11.6 Å². The van der Waals surface area contributed by atoms with E-state index in [-0.39, 0.29) is 17.2 Å². The van der Waals surface area contributed by atoms with E-state index in [1.807, 2.05) is 31.2 Å². The van der Waals surface area contributed by atoms with Gasteiger partial charge in [0.15, 0.2) is 0 Å². The second-order valence-electron chi connectivity index (χ2n) is 5.30. The van der Waals surface area contributed by atoms with E-state index in [9.17, 15) is 4.79 Å². The fourth-order valence-corrected chi connectivity index (χ4v) is 1.29. The first kappa shape index (κ1) is 13.3. The van der Waals surface area contributed by atoms with Crippen LogP contribution in [-0.2, 0) is 4.79 Å². The Labute approximate surface area is 103 Å². The first-order valence-electron chi connectivity index (χ1n) is 5.72. The molecule has 2 heteroatoms. The number of hydrogen-bond acceptors (Lipinski definition) is 1. The van der Waals surface area contributed by atoms with Crippen molar-refractivity contribution in [2.75, 3.05) is 5.32 Å². The molecule has 0 spiro atoms. The molecule has 17 heavy (non-hydrogen) atoms. The zero-order chi connectivity index (χ0) is 13.1. The summed E-state index contributed by atoms with van der Waals surface area (Å²) in [4.78, 5) is 12.0. The average molecular weight is 229 g/mol. The Morgan fingerprint density at radius 1 is 1.29 bits per heavy atom. The fraction of sp³-hybridized carbons (Fsp3) is 0.400. The maximum Gasteiger partial charge on any atom is 0.227 e. The number of hydrogen-bond donors (Lipinski definition) is 1. The lowest BCUT2D eigenvalue weighted by molar-refractivity contribution is -0.122. The molecule has 1 unspecified atom stereocenters. The van der Waals surface area contributed by atoms with Crippen molar-refractivity contribution in [3.8, 4) is 12.3 Å². The van der Waals surface area contributed by atoms with Crippen molar-refractivity contribution in [2.45, 2.75) is 27.7 Å². The van der Waals surface area contributed by atoms with Gasteiger partial charge in [-0.15, -0.1) is 6.42 Å². The van der Waals surface area contributed by atoms with E-state index in [4.69, 9.17) is 6.42 Å². The minimum atomic E-state index is -0.0465. The van der Waals surface area contributed by atoms with Gasteiger partial charge in [-0.2, -0.15) is 0 Å². The van der Waals surface area contributed by atoms with E-state index < -0.39 is 0 Å². The molecule has 90 valence electrons. The summed E-state index contributed by atoms with van der Waals surface area (Å²) >= 11 is 0. The van der Waals surface area contributed by atoms with Crippen LogP contribution in [0.25, 0.3) is 0 Å². The van der Waals surface area contributed by atoms with E-state index in [0.29, 0.717) is 0 Å². The molecule has 0 heterocycles. The highest BCUT2D eigenvalue weighted by atomic mass is 16.1. The van der Waals surface area contributed by atoms with Crippen molar-refractivity contribution in [1.29, 1.82) is 0 Å². The Morgan fingerprint density at radius 3 is 2.24 bits per heavy atom. The maximum atomic E-state index is 12.0. The molecule has 0 aliphatic carbocycles. The van der Waals surface area contributed by atoms with Gasteiger partial charge in [0.05, 0.1) is 0 Å². The molecule has 0 radical (unpaired) electrons. The highest BCUT2D eigenvalue weighted by molar-refractivity contribution is 5.92. The van der Waals surface area contributed by atoms with Crippen molar-refractivity contribution in [2.24, 2.45) is 11.3 Å². The monoisotopic (exact) mass is 229 g/mol. The number of anilines is 1. The summed E-state index contributed by atoms with van der Waals surface area (Å²) in [5.74, 6) is 2.53. The van der Waals surface area contributed by atoms with Crippen LogP contribution in [0.3, 0.4) is 0 Å². The molecular formula is C15H19NO. The van der Waals surface area contributed by atoms with Gasteiger partial charge in [0.1, 0.15) is 0 Å². The van der Waals surface area contributed by atoms with E-state index in [1.54, 1.807) is 0 Å². The highest BCUT2D eigenvalue weighted by Gasteiger charge is 2.26. The van der Waals surface area contributed by atoms with Crippen LogP contribution >= 0.6 is 0 Å². The van der Waals surface area contributed by atoms with Crippen LogP contribution in [-0.4, -0.2) is 5.91 Å². The molecule has 0 saturated heterocycles. The number of benzene rings is 1. The van der Waals surface area contributed by atoms with Crippen LogP contribution < -0.4 is 5.32 Å². The molecule has 0 bridgehead atoms. The first-order valence-corrected chi connectivity index (χ1v) is 5.72. The van der Waals surface area contributed by atoms with Crippen molar-refractivity contribution in [3.63, 3.8) is 0 Å². The standard InChI is InChI=1S/C15H19NO/c1-6-12-7-9-13(10-8-12)16-14(17)11(2)15(3,4)5/h1,7-11H,2-5H3,(H,16,17). The predicted molar refractivity (Wildman–Crippen MR) is 71.6 cm³/mol. The molecule has 0 saturated carbocycles. The number of amides is 1. The Hall–Kier alpha value is -1.75. The molecule has 1 N–H and O–H groups in total. The van der Waals surface area contributed by atoms with Crippen LogP contribution in [0.1, 0.15) is 33.3 Å². The second kappa shape index (κ2) is 5.05. The molecule has 0 aliphatic rings. The van der Waals surface area contributed by atoms with Crippen LogP contribution in [0.4, 0.5) is 5.69 Å². The zero-order valence-electron chi connectivity index (χ0n) is 10.9. The Bertz CT molecular complexity index is 431. The Balaban J connectivity index is 2.72. The highest BCUT2D eigenvalue weighted by Crippen LogP contribution is 2.26. The van der Waals surface area contributed by atoms with Crippen LogP contribution in [0.5, 0.6) is 0 Å². The van der Waals surface area contributed by atoms with Gasteiger partial charge in [0, 0.05) is 17.2 Å². The molecule has 0 fully saturated rings. The van der Waals surface area contributed by atoms with Crippen molar-refractivity contribution in [3.05, 3.63) is 29.8 Å². The molecule has 1 aromatic carbocycles. The third-order valence-corrected chi connectivity index (χ3v) is 3.01. The lowest BCUT2D eigenvalue weighted by atomic mass is 9.81. The summed E-state index contributed by atoms with van der Waals surface area (Å²) in [6, 6.07) is 7.28. The summed E-state index contributed by atoms with van der Waals surface area (Å²) in [5.41, 5.74) is 1.56. The molecule has 2 nitrogen and oxygen atoms in total. The largest absolute Gasteiger partial charge is 0.326 e. The summed E-state index contributed by atoms with van der Waals surface area (Å²) in [6.45, 7) is 8.10. The number of carbonyl (C=O) groups excluding carboxylic acids is 1. The number of carbonyl (C=O) groups is 1. The van der Waals surface area contributed by atoms with E-state index in [1.165, 1.54) is 0 Å². The molecule has 0 aromatic heterocycles. The first-order chi connectivity index (χ1) is 7.84. The van der Waals surface area contributed by atoms with Gasteiger partial charge >= 0.3 is 0 Å². The smallest absolute Gasteiger partial charge is 0.227 e. The third-order valence-electron chi connectivity index (χ3n) is 3.01. The minimum Gasteiger partial charge on any atom is -0.326 e. The van der Waals surface area contributed by atoms with Gasteiger partial charge in [0.2, 0.25) is 5.91 Å². The second-order valence-corrected chi connectivity index (χ2v) is 5.30. The van der Waals surface area contributed by atoms with Gasteiger partial charge in [-0.05, 0) is 29.7 Å². The van der Waals surface area contributed by atoms with E-state index in [2.05, 4.69) is 32.0 Å². The van der Waals surface area contributed by atoms with Gasteiger partial charge < -0.3 is 5.32 Å². The van der Waals surface area contributed by atoms with Gasteiger partial charge in [-0.1, -0.05) is 33.6 Å². The number of rotatable bonds is 2. The fourth-order valence-electron chi connectivity index (χ4n) is 1.29. The van der Waals surface area contributed by atoms with Crippen molar-refractivity contribution < 1.29 is 4.79 Å². The molecule has 0 aliphatic heterocycles. The third kappa shape index (κ3) is 3.64. The summed E-state index contributed by atoms with van der Waals surface area (Å²) in [6.07, 6.45) is 5.27. The SMILES string of the molecule is C#Cc1ccc(NC(=O)C(C)C(C)(C)C)cc1. The minimum absolute atomic E-state index is 0.0333. The van der Waals surface area contributed by atoms with Crippen LogP contribution in [0.2, 0.25) is 0 Å². The average Bonchev–Trinajstić information content (AvgIpc) is 2.27. The topological polar surface area (TPSA) is 29.1 Å². The van der Waals surface area contributed by atoms with Crippen molar-refractivity contribution in [1.82, 2.24) is 0 Å². The maximum absolute atomic E-state index is 12.0. The zero-order valence-corrected chi connectivity index (χ0v) is 10.9. The number of nitrogens with one attached hydrogen (secondary N) is 1. The molecule has 1 atom stereocenters. The predicted octanol–water partition coefficient (Wildman–Crippen LogP) is 3.29. The Morgan fingerprint density at radius 2 is 1.82 bits per heavy atom. The summed E-state index contributed by atoms with van der Waals surface area (Å²) in [5, 5.41) is 2.89.